The van der Waals surface area contributed by atoms with Crippen LogP contribution in [-0.4, -0.2) is 24.4 Å². The molecule has 0 saturated carbocycles. The van der Waals surface area contributed by atoms with Gasteiger partial charge in [-0.25, -0.2) is 8.78 Å². The fourth-order valence-corrected chi connectivity index (χ4v) is 3.06. The number of hydrogen-bond acceptors (Lipinski definition) is 3. The fraction of sp³-hybridized carbons (Fsp3) is 0.263. The van der Waals surface area contributed by atoms with E-state index >= 15 is 0 Å². The van der Waals surface area contributed by atoms with Gasteiger partial charge in [0.25, 0.3) is 0 Å². The van der Waals surface area contributed by atoms with E-state index in [2.05, 4.69) is 5.32 Å². The summed E-state index contributed by atoms with van der Waals surface area (Å²) in [7, 11) is 0. The van der Waals surface area contributed by atoms with Gasteiger partial charge in [-0.2, -0.15) is 0 Å². The standard InChI is InChI=1S/C19H19F2N3O2/c20-13-5-3-6-14(21)18(13)24-11-10-16(19(24)26)23-17(25)9-8-12-4-1-2-7-15(12)22/h1-7,16H,8-11,22H2,(H,23,25). The number of carbonyl (C=O) groups is 2. The highest BCUT2D eigenvalue weighted by Crippen LogP contribution is 2.27. The molecule has 0 spiro atoms. The minimum atomic E-state index is -0.801. The van der Waals surface area contributed by atoms with Gasteiger partial charge in [0, 0.05) is 18.7 Å². The summed E-state index contributed by atoms with van der Waals surface area (Å²) in [4.78, 5) is 25.6. The molecule has 3 rings (SSSR count). The number of rotatable bonds is 5. The average molecular weight is 359 g/mol. The molecule has 136 valence electrons. The Morgan fingerprint density at radius 2 is 1.85 bits per heavy atom. The number of amides is 2. The highest BCUT2D eigenvalue weighted by molar-refractivity contribution is 6.01. The largest absolute Gasteiger partial charge is 0.399 e. The number of carbonyl (C=O) groups excluding carboxylic acids is 2. The molecule has 1 fully saturated rings. The Morgan fingerprint density at radius 1 is 1.15 bits per heavy atom. The maximum atomic E-state index is 13.9. The van der Waals surface area contributed by atoms with Crippen molar-refractivity contribution in [3.8, 4) is 0 Å². The number of nitrogens with one attached hydrogen (secondary N) is 1. The minimum absolute atomic E-state index is 0.146. The van der Waals surface area contributed by atoms with Gasteiger partial charge in [-0.1, -0.05) is 24.3 Å². The summed E-state index contributed by atoms with van der Waals surface area (Å²) in [5.74, 6) is -2.42. The second-order valence-corrected chi connectivity index (χ2v) is 6.17. The van der Waals surface area contributed by atoms with E-state index in [1.165, 1.54) is 6.07 Å². The number of halogens is 2. The maximum absolute atomic E-state index is 13.9. The van der Waals surface area contributed by atoms with Gasteiger partial charge in [-0.15, -0.1) is 0 Å². The molecule has 1 aliphatic rings. The highest BCUT2D eigenvalue weighted by Gasteiger charge is 2.36. The predicted molar refractivity (Wildman–Crippen MR) is 94.4 cm³/mol. The lowest BCUT2D eigenvalue weighted by atomic mass is 10.1. The van der Waals surface area contributed by atoms with Crippen LogP contribution in [0.1, 0.15) is 18.4 Å². The number of aryl methyl sites for hydroxylation is 1. The third-order valence-corrected chi connectivity index (χ3v) is 4.42. The van der Waals surface area contributed by atoms with Gasteiger partial charge in [0.15, 0.2) is 0 Å². The van der Waals surface area contributed by atoms with Crippen LogP contribution in [-0.2, 0) is 16.0 Å². The SMILES string of the molecule is Nc1ccccc1CCC(=O)NC1CCN(c2c(F)cccc2F)C1=O. The quantitative estimate of drug-likeness (QED) is 0.805. The lowest BCUT2D eigenvalue weighted by Crippen LogP contribution is -2.42. The molecule has 26 heavy (non-hydrogen) atoms. The van der Waals surface area contributed by atoms with Crippen molar-refractivity contribution in [1.82, 2.24) is 5.32 Å². The van der Waals surface area contributed by atoms with Crippen LogP contribution in [0.3, 0.4) is 0 Å². The molecule has 1 heterocycles. The number of nitrogens with zero attached hydrogens (tertiary/aromatic N) is 1. The van der Waals surface area contributed by atoms with E-state index in [9.17, 15) is 18.4 Å². The topological polar surface area (TPSA) is 75.4 Å². The normalized spacial score (nSPS) is 16.8. The van der Waals surface area contributed by atoms with Gasteiger partial charge in [-0.3, -0.25) is 9.59 Å². The van der Waals surface area contributed by atoms with Crippen LogP contribution in [0, 0.1) is 11.6 Å². The zero-order valence-corrected chi connectivity index (χ0v) is 14.0. The molecular weight excluding hydrogens is 340 g/mol. The molecule has 7 heteroatoms. The summed E-state index contributed by atoms with van der Waals surface area (Å²) in [6, 6.07) is 9.90. The van der Waals surface area contributed by atoms with Crippen molar-refractivity contribution in [2.24, 2.45) is 0 Å². The Balaban J connectivity index is 1.60. The Kier molecular flexibility index (Phi) is 5.16. The van der Waals surface area contributed by atoms with Crippen molar-refractivity contribution in [1.29, 1.82) is 0 Å². The summed E-state index contributed by atoms with van der Waals surface area (Å²) in [5.41, 5.74) is 6.94. The molecule has 0 aromatic heterocycles. The number of anilines is 2. The highest BCUT2D eigenvalue weighted by atomic mass is 19.1. The van der Waals surface area contributed by atoms with E-state index in [4.69, 9.17) is 5.73 Å². The molecule has 2 aromatic rings. The molecular formula is C19H19F2N3O2. The second-order valence-electron chi connectivity index (χ2n) is 6.17. The number of nitrogen functional groups attached to an aromatic ring is 1. The third-order valence-electron chi connectivity index (χ3n) is 4.42. The second kappa shape index (κ2) is 7.51. The van der Waals surface area contributed by atoms with Crippen molar-refractivity contribution in [2.75, 3.05) is 17.2 Å². The van der Waals surface area contributed by atoms with E-state index in [-0.39, 0.29) is 24.6 Å². The number of para-hydroxylation sites is 2. The molecule has 2 aromatic carbocycles. The molecule has 0 radical (unpaired) electrons. The van der Waals surface area contributed by atoms with Crippen LogP contribution in [0.15, 0.2) is 42.5 Å². The number of benzene rings is 2. The summed E-state index contributed by atoms with van der Waals surface area (Å²) in [6.45, 7) is 0.146. The summed E-state index contributed by atoms with van der Waals surface area (Å²) >= 11 is 0. The average Bonchev–Trinajstić information content (AvgIpc) is 2.95. The Hall–Kier alpha value is -2.96. The lowest BCUT2D eigenvalue weighted by Gasteiger charge is -2.18. The van der Waals surface area contributed by atoms with Crippen LogP contribution in [0.4, 0.5) is 20.2 Å². The monoisotopic (exact) mass is 359 g/mol. The van der Waals surface area contributed by atoms with Crippen LogP contribution in [0.25, 0.3) is 0 Å². The summed E-state index contributed by atoms with van der Waals surface area (Å²) in [6.07, 6.45) is 0.920. The Bertz CT molecular complexity index is 821. The molecule has 0 bridgehead atoms. The van der Waals surface area contributed by atoms with Gasteiger partial charge >= 0.3 is 0 Å². The number of nitrogens with two attached hydrogens (primary N) is 1. The molecule has 5 nitrogen and oxygen atoms in total. The first kappa shape index (κ1) is 17.8. The lowest BCUT2D eigenvalue weighted by molar-refractivity contribution is -0.126. The molecule has 1 atom stereocenters. The minimum Gasteiger partial charge on any atom is -0.399 e. The molecule has 2 amide bonds. The van der Waals surface area contributed by atoms with E-state index in [0.29, 0.717) is 18.5 Å². The van der Waals surface area contributed by atoms with Gasteiger partial charge in [0.1, 0.15) is 23.4 Å². The van der Waals surface area contributed by atoms with Gasteiger partial charge in [0.05, 0.1) is 0 Å². The van der Waals surface area contributed by atoms with Gasteiger partial charge < -0.3 is 16.0 Å². The maximum Gasteiger partial charge on any atom is 0.249 e. The van der Waals surface area contributed by atoms with Crippen molar-refractivity contribution < 1.29 is 18.4 Å². The van der Waals surface area contributed by atoms with E-state index in [1.54, 1.807) is 6.07 Å². The predicted octanol–water partition coefficient (Wildman–Crippen LogP) is 2.40. The van der Waals surface area contributed by atoms with Crippen LogP contribution >= 0.6 is 0 Å². The first-order valence-electron chi connectivity index (χ1n) is 8.35. The molecule has 0 aliphatic carbocycles. The molecule has 1 aliphatic heterocycles. The van der Waals surface area contributed by atoms with Crippen molar-refractivity contribution in [2.45, 2.75) is 25.3 Å². The fourth-order valence-electron chi connectivity index (χ4n) is 3.06. The smallest absolute Gasteiger partial charge is 0.249 e. The van der Waals surface area contributed by atoms with Crippen LogP contribution in [0.5, 0.6) is 0 Å². The van der Waals surface area contributed by atoms with E-state index < -0.39 is 23.6 Å². The summed E-state index contributed by atoms with van der Waals surface area (Å²) < 4.78 is 27.8. The molecule has 1 unspecified atom stereocenters. The van der Waals surface area contributed by atoms with Crippen molar-refractivity contribution in [3.05, 3.63) is 59.7 Å². The Morgan fingerprint density at radius 3 is 2.54 bits per heavy atom. The first-order valence-corrected chi connectivity index (χ1v) is 8.35. The van der Waals surface area contributed by atoms with E-state index in [0.717, 1.165) is 22.6 Å². The Labute approximate surface area is 149 Å². The van der Waals surface area contributed by atoms with Crippen molar-refractivity contribution >= 4 is 23.2 Å². The zero-order chi connectivity index (χ0) is 18.7. The first-order chi connectivity index (χ1) is 12.5. The number of hydrogen-bond donors (Lipinski definition) is 2. The van der Waals surface area contributed by atoms with Crippen LogP contribution < -0.4 is 16.0 Å². The van der Waals surface area contributed by atoms with E-state index in [1.807, 2.05) is 18.2 Å². The summed E-state index contributed by atoms with van der Waals surface area (Å²) in [5, 5.41) is 2.64. The van der Waals surface area contributed by atoms with Gasteiger partial charge in [-0.05, 0) is 36.6 Å². The van der Waals surface area contributed by atoms with Gasteiger partial charge in [0.2, 0.25) is 11.8 Å². The molecule has 1 saturated heterocycles. The van der Waals surface area contributed by atoms with Crippen molar-refractivity contribution in [3.63, 3.8) is 0 Å². The molecule has 3 N–H and O–H groups in total. The van der Waals surface area contributed by atoms with Crippen LogP contribution in [0.2, 0.25) is 0 Å². The zero-order valence-electron chi connectivity index (χ0n) is 14.0. The third kappa shape index (κ3) is 3.66.